The molecule has 3 rings (SSSR count). The van der Waals surface area contributed by atoms with Gasteiger partial charge in [0.25, 0.3) is 11.8 Å². The summed E-state index contributed by atoms with van der Waals surface area (Å²) in [5.41, 5.74) is 2.25. The molecule has 30 heavy (non-hydrogen) atoms. The number of aromatic nitrogens is 2. The van der Waals surface area contributed by atoms with Crippen LogP contribution in [-0.4, -0.2) is 40.1 Å². The minimum absolute atomic E-state index is 0.158. The summed E-state index contributed by atoms with van der Waals surface area (Å²) in [7, 11) is 0. The minimum Gasteiger partial charge on any atom is -0.454 e. The van der Waals surface area contributed by atoms with Crippen LogP contribution in [0.1, 0.15) is 28.2 Å². The van der Waals surface area contributed by atoms with E-state index in [-0.39, 0.29) is 18.4 Å². The molecular weight excluding hydrogens is 402 g/mol. The van der Waals surface area contributed by atoms with E-state index < -0.39 is 12.0 Å². The van der Waals surface area contributed by atoms with E-state index in [1.54, 1.807) is 30.0 Å². The van der Waals surface area contributed by atoms with Gasteiger partial charge < -0.3 is 14.5 Å². The maximum Gasteiger partial charge on any atom is 0.329 e. The Morgan fingerprint density at radius 3 is 2.67 bits per heavy atom. The predicted octanol–water partition coefficient (Wildman–Crippen LogP) is 3.64. The molecule has 156 valence electrons. The van der Waals surface area contributed by atoms with Crippen LogP contribution in [0.4, 0.5) is 0 Å². The van der Waals surface area contributed by atoms with Gasteiger partial charge in [0.2, 0.25) is 5.89 Å². The average molecular weight is 426 g/mol. The maximum atomic E-state index is 12.6. The summed E-state index contributed by atoms with van der Waals surface area (Å²) in [6.45, 7) is 1.75. The molecule has 8 heteroatoms. The Morgan fingerprint density at radius 2 is 1.93 bits per heavy atom. The Hall–Kier alpha value is -3.13. The highest BCUT2D eigenvalue weighted by Crippen LogP contribution is 2.17. The van der Waals surface area contributed by atoms with E-state index in [1.807, 2.05) is 49.6 Å². The van der Waals surface area contributed by atoms with Gasteiger partial charge >= 0.3 is 5.97 Å². The number of hydrogen-bond donors (Lipinski definition) is 1. The van der Waals surface area contributed by atoms with Crippen LogP contribution in [0, 0.1) is 6.92 Å². The van der Waals surface area contributed by atoms with Crippen LogP contribution in [0.2, 0.25) is 0 Å². The minimum atomic E-state index is -0.762. The molecule has 0 spiro atoms. The highest BCUT2D eigenvalue weighted by atomic mass is 32.2. The molecule has 0 aliphatic carbocycles. The lowest BCUT2D eigenvalue weighted by atomic mass is 10.1. The lowest BCUT2D eigenvalue weighted by molar-refractivity contribution is -0.148. The summed E-state index contributed by atoms with van der Waals surface area (Å²) in [5, 5.41) is 10.7. The molecule has 0 saturated carbocycles. The third-order valence-electron chi connectivity index (χ3n) is 4.31. The van der Waals surface area contributed by atoms with Crippen LogP contribution in [0.3, 0.4) is 0 Å². The summed E-state index contributed by atoms with van der Waals surface area (Å²) >= 11 is 1.59. The highest BCUT2D eigenvalue weighted by molar-refractivity contribution is 7.98. The molecule has 3 aromatic rings. The predicted molar refractivity (Wildman–Crippen MR) is 115 cm³/mol. The lowest BCUT2D eigenvalue weighted by Crippen LogP contribution is -2.42. The summed E-state index contributed by atoms with van der Waals surface area (Å²) < 4.78 is 10.9. The van der Waals surface area contributed by atoms with Crippen molar-refractivity contribution < 1.29 is 18.7 Å². The van der Waals surface area contributed by atoms with Crippen molar-refractivity contribution in [3.05, 3.63) is 71.6 Å². The van der Waals surface area contributed by atoms with Gasteiger partial charge in [0, 0.05) is 11.1 Å². The molecule has 1 N–H and O–H groups in total. The van der Waals surface area contributed by atoms with E-state index in [9.17, 15) is 9.59 Å². The fourth-order valence-corrected chi connectivity index (χ4v) is 3.23. The van der Waals surface area contributed by atoms with Gasteiger partial charge in [-0.15, -0.1) is 10.2 Å². The zero-order valence-corrected chi connectivity index (χ0v) is 17.6. The van der Waals surface area contributed by atoms with Gasteiger partial charge in [-0.25, -0.2) is 4.79 Å². The third kappa shape index (κ3) is 5.93. The first kappa shape index (κ1) is 21.6. The normalized spacial score (nSPS) is 11.7. The van der Waals surface area contributed by atoms with Gasteiger partial charge in [-0.3, -0.25) is 4.79 Å². The number of carbonyl (C=O) groups is 2. The van der Waals surface area contributed by atoms with Crippen molar-refractivity contribution >= 4 is 23.6 Å². The largest absolute Gasteiger partial charge is 0.454 e. The van der Waals surface area contributed by atoms with Gasteiger partial charge in [0.1, 0.15) is 6.04 Å². The molecular formula is C22H23N3O4S. The van der Waals surface area contributed by atoms with Crippen LogP contribution in [0.5, 0.6) is 0 Å². The number of esters is 1. The van der Waals surface area contributed by atoms with Crippen molar-refractivity contribution in [2.24, 2.45) is 0 Å². The second-order valence-corrected chi connectivity index (χ2v) is 7.64. The van der Waals surface area contributed by atoms with Crippen molar-refractivity contribution in [3.63, 3.8) is 0 Å². The number of rotatable bonds is 9. The van der Waals surface area contributed by atoms with Crippen molar-refractivity contribution in [3.8, 4) is 11.5 Å². The number of ether oxygens (including phenoxy) is 1. The van der Waals surface area contributed by atoms with Crippen molar-refractivity contribution in [2.45, 2.75) is 26.0 Å². The molecule has 1 amide bonds. The number of hydrogen-bond acceptors (Lipinski definition) is 7. The van der Waals surface area contributed by atoms with Gasteiger partial charge in [-0.2, -0.15) is 11.8 Å². The van der Waals surface area contributed by atoms with Gasteiger partial charge in [-0.05, 0) is 49.6 Å². The molecule has 7 nitrogen and oxygen atoms in total. The summed E-state index contributed by atoms with van der Waals surface area (Å²) in [5.74, 6) is 0.395. The zero-order valence-electron chi connectivity index (χ0n) is 16.8. The van der Waals surface area contributed by atoms with Crippen LogP contribution in [-0.2, 0) is 16.1 Å². The topological polar surface area (TPSA) is 94.3 Å². The maximum absolute atomic E-state index is 12.6. The Labute approximate surface area is 179 Å². The molecule has 0 fully saturated rings. The summed E-state index contributed by atoms with van der Waals surface area (Å²) in [4.78, 5) is 25.1. The first-order valence-electron chi connectivity index (χ1n) is 9.47. The monoisotopic (exact) mass is 425 g/mol. The SMILES string of the molecule is CSCC[C@@H](NC(=O)c1cccc(C)c1)C(=O)OCc1nnc(-c2ccccc2)o1. The van der Waals surface area contributed by atoms with Crippen LogP contribution in [0.25, 0.3) is 11.5 Å². The Kier molecular flexibility index (Phi) is 7.62. The fourth-order valence-electron chi connectivity index (χ4n) is 2.76. The summed E-state index contributed by atoms with van der Waals surface area (Å²) in [6.07, 6.45) is 2.39. The Morgan fingerprint density at radius 1 is 1.13 bits per heavy atom. The van der Waals surface area contributed by atoms with E-state index >= 15 is 0 Å². The van der Waals surface area contributed by atoms with Crippen LogP contribution >= 0.6 is 11.8 Å². The van der Waals surface area contributed by atoms with Gasteiger partial charge in [0.15, 0.2) is 6.61 Å². The number of nitrogens with one attached hydrogen (secondary N) is 1. The average Bonchev–Trinajstić information content (AvgIpc) is 3.24. The first-order valence-corrected chi connectivity index (χ1v) is 10.9. The number of nitrogens with zero attached hydrogens (tertiary/aromatic N) is 2. The number of aryl methyl sites for hydroxylation is 1. The van der Waals surface area contributed by atoms with E-state index in [1.165, 1.54) is 0 Å². The third-order valence-corrected chi connectivity index (χ3v) is 4.95. The quantitative estimate of drug-likeness (QED) is 0.523. The van der Waals surface area contributed by atoms with Crippen LogP contribution < -0.4 is 5.32 Å². The molecule has 1 atom stereocenters. The number of thioether (sulfide) groups is 1. The van der Waals surface area contributed by atoms with E-state index in [0.29, 0.717) is 23.6 Å². The summed E-state index contributed by atoms with van der Waals surface area (Å²) in [6, 6.07) is 15.8. The van der Waals surface area contributed by atoms with Gasteiger partial charge in [-0.1, -0.05) is 35.9 Å². The molecule has 0 saturated heterocycles. The Bertz CT molecular complexity index is 991. The van der Waals surface area contributed by atoms with Crippen molar-refractivity contribution in [1.82, 2.24) is 15.5 Å². The smallest absolute Gasteiger partial charge is 0.329 e. The van der Waals surface area contributed by atoms with Crippen molar-refractivity contribution in [1.29, 1.82) is 0 Å². The van der Waals surface area contributed by atoms with Crippen LogP contribution in [0.15, 0.2) is 59.0 Å². The standard InChI is InChI=1S/C22H23N3O4S/c1-15-7-6-10-17(13-15)20(26)23-18(11-12-30-2)22(27)28-14-19-24-25-21(29-19)16-8-4-3-5-9-16/h3-10,13,18H,11-12,14H2,1-2H3,(H,23,26)/t18-/m1/s1. The number of amides is 1. The molecule has 0 aliphatic heterocycles. The molecule has 0 radical (unpaired) electrons. The molecule has 2 aromatic carbocycles. The second kappa shape index (κ2) is 10.6. The lowest BCUT2D eigenvalue weighted by Gasteiger charge is -2.17. The number of carbonyl (C=O) groups excluding carboxylic acids is 2. The highest BCUT2D eigenvalue weighted by Gasteiger charge is 2.23. The van der Waals surface area contributed by atoms with Crippen molar-refractivity contribution in [2.75, 3.05) is 12.0 Å². The second-order valence-electron chi connectivity index (χ2n) is 6.65. The molecule has 0 aliphatic rings. The molecule has 1 heterocycles. The van der Waals surface area contributed by atoms with E-state index in [4.69, 9.17) is 9.15 Å². The zero-order chi connectivity index (χ0) is 21.3. The fraction of sp³-hybridized carbons (Fsp3) is 0.273. The van der Waals surface area contributed by atoms with Gasteiger partial charge in [0.05, 0.1) is 0 Å². The molecule has 0 unspecified atom stereocenters. The first-order chi connectivity index (χ1) is 14.6. The van der Waals surface area contributed by atoms with E-state index in [2.05, 4.69) is 15.5 Å². The van der Waals surface area contributed by atoms with E-state index in [0.717, 1.165) is 11.1 Å². The Balaban J connectivity index is 1.61. The molecule has 1 aromatic heterocycles. The molecule has 0 bridgehead atoms. The number of benzene rings is 2.